The van der Waals surface area contributed by atoms with Crippen LogP contribution in [0.5, 0.6) is 0 Å². The summed E-state index contributed by atoms with van der Waals surface area (Å²) >= 11 is 0. The van der Waals surface area contributed by atoms with E-state index in [0.717, 1.165) is 6.42 Å². The van der Waals surface area contributed by atoms with Crippen molar-refractivity contribution in [3.8, 4) is 0 Å². The van der Waals surface area contributed by atoms with Gasteiger partial charge in [0.1, 0.15) is 0 Å². The van der Waals surface area contributed by atoms with Crippen LogP contribution in [0.3, 0.4) is 0 Å². The van der Waals surface area contributed by atoms with Crippen LogP contribution in [-0.2, 0) is 6.42 Å². The first-order chi connectivity index (χ1) is 7.43. The maximum absolute atomic E-state index is 2.38. The van der Waals surface area contributed by atoms with E-state index >= 15 is 0 Å². The molecule has 0 nitrogen and oxygen atoms in total. The first kappa shape index (κ1) is 8.72. The van der Waals surface area contributed by atoms with E-state index in [1.807, 2.05) is 0 Å². The Labute approximate surface area is 90.6 Å². The van der Waals surface area contributed by atoms with Crippen molar-refractivity contribution in [1.82, 2.24) is 0 Å². The second kappa shape index (κ2) is 3.54. The quantitative estimate of drug-likeness (QED) is 0.649. The van der Waals surface area contributed by atoms with E-state index in [9.17, 15) is 0 Å². The summed E-state index contributed by atoms with van der Waals surface area (Å²) in [6.45, 7) is 0. The third-order valence-corrected chi connectivity index (χ3v) is 3.10. The number of rotatable bonds is 1. The Bertz CT molecular complexity index is 431. The fourth-order valence-corrected chi connectivity index (χ4v) is 2.31. The highest BCUT2D eigenvalue weighted by Crippen LogP contribution is 2.35. The molecule has 0 fully saturated rings. The molecule has 1 aliphatic carbocycles. The minimum atomic E-state index is 0.573. The Morgan fingerprint density at radius 3 is 2.33 bits per heavy atom. The summed E-state index contributed by atoms with van der Waals surface area (Å²) in [5.41, 5.74) is 4.31. The highest BCUT2D eigenvalue weighted by atomic mass is 14.3. The maximum Gasteiger partial charge on any atom is -0.00122 e. The van der Waals surface area contributed by atoms with E-state index in [0.29, 0.717) is 5.92 Å². The monoisotopic (exact) mass is 193 g/mol. The predicted molar refractivity (Wildman–Crippen MR) is 62.7 cm³/mol. The van der Waals surface area contributed by atoms with E-state index in [1.54, 1.807) is 0 Å². The molecule has 2 aromatic rings. The number of hydrogen-bond donors (Lipinski definition) is 0. The summed E-state index contributed by atoms with van der Waals surface area (Å²) in [7, 11) is 0. The SMILES string of the molecule is [CH]1c2ccccc2C[C@@H]1c1ccccc1. The molecule has 0 heteroatoms. The Morgan fingerprint density at radius 1 is 0.800 bits per heavy atom. The van der Waals surface area contributed by atoms with Gasteiger partial charge in [-0.2, -0.15) is 0 Å². The van der Waals surface area contributed by atoms with Crippen molar-refractivity contribution in [2.75, 3.05) is 0 Å². The molecule has 0 bridgehead atoms. The summed E-state index contributed by atoms with van der Waals surface area (Å²) in [5.74, 6) is 0.573. The Morgan fingerprint density at radius 2 is 1.53 bits per heavy atom. The number of benzene rings is 2. The van der Waals surface area contributed by atoms with Crippen LogP contribution >= 0.6 is 0 Å². The summed E-state index contributed by atoms with van der Waals surface area (Å²) in [5, 5.41) is 0. The lowest BCUT2D eigenvalue weighted by molar-refractivity contribution is 0.847. The molecule has 2 aromatic carbocycles. The lowest BCUT2D eigenvalue weighted by Gasteiger charge is -2.07. The van der Waals surface area contributed by atoms with E-state index in [4.69, 9.17) is 0 Å². The molecule has 1 atom stereocenters. The molecule has 1 aliphatic rings. The van der Waals surface area contributed by atoms with Crippen molar-refractivity contribution < 1.29 is 0 Å². The summed E-state index contributed by atoms with van der Waals surface area (Å²) < 4.78 is 0. The fraction of sp³-hybridized carbons (Fsp3) is 0.133. The Balaban J connectivity index is 1.91. The van der Waals surface area contributed by atoms with Crippen molar-refractivity contribution in [2.45, 2.75) is 12.3 Å². The zero-order valence-corrected chi connectivity index (χ0v) is 8.56. The average molecular weight is 193 g/mol. The van der Waals surface area contributed by atoms with Crippen LogP contribution in [0, 0.1) is 6.42 Å². The van der Waals surface area contributed by atoms with Gasteiger partial charge in [-0.25, -0.2) is 0 Å². The molecular formula is C15H13. The zero-order chi connectivity index (χ0) is 10.1. The third kappa shape index (κ3) is 1.56. The van der Waals surface area contributed by atoms with Crippen molar-refractivity contribution in [2.24, 2.45) is 0 Å². The van der Waals surface area contributed by atoms with Gasteiger partial charge in [-0.3, -0.25) is 0 Å². The molecule has 1 radical (unpaired) electrons. The van der Waals surface area contributed by atoms with E-state index in [1.165, 1.54) is 16.7 Å². The Kier molecular flexibility index (Phi) is 2.06. The smallest absolute Gasteiger partial charge is 0.00122 e. The standard InChI is InChI=1S/C15H13/c1-2-6-12(7-3-1)15-10-13-8-4-5-9-14(13)11-15/h1-10,15H,11H2/t15-/m1/s1. The van der Waals surface area contributed by atoms with Crippen molar-refractivity contribution >= 4 is 0 Å². The summed E-state index contributed by atoms with van der Waals surface area (Å²) in [6, 6.07) is 19.4. The molecule has 0 saturated heterocycles. The van der Waals surface area contributed by atoms with Gasteiger partial charge in [0.15, 0.2) is 0 Å². The molecule has 0 spiro atoms. The summed E-state index contributed by atoms with van der Waals surface area (Å²) in [6.07, 6.45) is 3.53. The largest absolute Gasteiger partial charge is 0.0622 e. The lowest BCUT2D eigenvalue weighted by atomic mass is 9.96. The van der Waals surface area contributed by atoms with Gasteiger partial charge in [-0.15, -0.1) is 0 Å². The highest BCUT2D eigenvalue weighted by molar-refractivity contribution is 5.44. The van der Waals surface area contributed by atoms with Gasteiger partial charge in [0.2, 0.25) is 0 Å². The number of fused-ring (bicyclic) bond motifs is 1. The van der Waals surface area contributed by atoms with Crippen LogP contribution < -0.4 is 0 Å². The van der Waals surface area contributed by atoms with Crippen LogP contribution in [0.25, 0.3) is 0 Å². The molecule has 0 aromatic heterocycles. The first-order valence-corrected chi connectivity index (χ1v) is 5.41. The van der Waals surface area contributed by atoms with Crippen LogP contribution in [0.1, 0.15) is 22.6 Å². The molecule has 0 unspecified atom stereocenters. The molecule has 3 rings (SSSR count). The highest BCUT2D eigenvalue weighted by Gasteiger charge is 2.22. The van der Waals surface area contributed by atoms with Crippen molar-refractivity contribution in [1.29, 1.82) is 0 Å². The minimum absolute atomic E-state index is 0.573. The van der Waals surface area contributed by atoms with Gasteiger partial charge in [0, 0.05) is 0 Å². The average Bonchev–Trinajstić information content (AvgIpc) is 2.74. The maximum atomic E-state index is 2.38. The Hall–Kier alpha value is -1.56. The third-order valence-electron chi connectivity index (χ3n) is 3.10. The second-order valence-corrected chi connectivity index (χ2v) is 4.09. The van der Waals surface area contributed by atoms with Gasteiger partial charge in [-0.1, -0.05) is 54.6 Å². The lowest BCUT2D eigenvalue weighted by Crippen LogP contribution is -1.94. The number of hydrogen-bond acceptors (Lipinski definition) is 0. The molecule has 0 amide bonds. The summed E-state index contributed by atoms with van der Waals surface area (Å²) in [4.78, 5) is 0. The van der Waals surface area contributed by atoms with Crippen molar-refractivity contribution in [3.05, 3.63) is 77.7 Å². The fourth-order valence-electron chi connectivity index (χ4n) is 2.31. The van der Waals surface area contributed by atoms with Crippen LogP contribution in [0.4, 0.5) is 0 Å². The van der Waals surface area contributed by atoms with E-state index in [-0.39, 0.29) is 0 Å². The first-order valence-electron chi connectivity index (χ1n) is 5.41. The molecule has 0 aliphatic heterocycles. The van der Waals surface area contributed by atoms with Crippen LogP contribution in [0.15, 0.2) is 54.6 Å². The van der Waals surface area contributed by atoms with Gasteiger partial charge < -0.3 is 0 Å². The molecule has 0 heterocycles. The topological polar surface area (TPSA) is 0 Å². The normalized spacial score (nSPS) is 15.2. The predicted octanol–water partition coefficient (Wildman–Crippen LogP) is 3.58. The molecular weight excluding hydrogens is 180 g/mol. The molecule has 15 heavy (non-hydrogen) atoms. The van der Waals surface area contributed by atoms with Gasteiger partial charge in [-0.05, 0) is 35.4 Å². The van der Waals surface area contributed by atoms with Gasteiger partial charge in [0.25, 0.3) is 0 Å². The van der Waals surface area contributed by atoms with Crippen LogP contribution in [-0.4, -0.2) is 0 Å². The van der Waals surface area contributed by atoms with Crippen molar-refractivity contribution in [3.63, 3.8) is 0 Å². The second-order valence-electron chi connectivity index (χ2n) is 4.09. The van der Waals surface area contributed by atoms with Gasteiger partial charge >= 0.3 is 0 Å². The van der Waals surface area contributed by atoms with Crippen LogP contribution in [0.2, 0.25) is 0 Å². The van der Waals surface area contributed by atoms with E-state index < -0.39 is 0 Å². The van der Waals surface area contributed by atoms with E-state index in [2.05, 4.69) is 61.0 Å². The zero-order valence-electron chi connectivity index (χ0n) is 8.56. The minimum Gasteiger partial charge on any atom is -0.0622 e. The molecule has 0 N–H and O–H groups in total. The van der Waals surface area contributed by atoms with Gasteiger partial charge in [0.05, 0.1) is 0 Å². The molecule has 0 saturated carbocycles. The molecule has 73 valence electrons.